The van der Waals surface area contributed by atoms with E-state index in [0.29, 0.717) is 9.88 Å². The van der Waals surface area contributed by atoms with E-state index in [2.05, 4.69) is 9.99 Å². The maximum atomic E-state index is 12.8. The first-order chi connectivity index (χ1) is 10.9. The molecular weight excluding hydrogens is 337 g/mol. The number of aliphatic hydroxyl groups is 2. The number of alkyl halides is 3. The highest BCUT2D eigenvalue weighted by molar-refractivity contribution is 7.17. The maximum absolute atomic E-state index is 12.8. The van der Waals surface area contributed by atoms with E-state index >= 15 is 0 Å². The zero-order valence-corrected chi connectivity index (χ0v) is 12.5. The van der Waals surface area contributed by atoms with E-state index in [4.69, 9.17) is 10.2 Å². The largest absolute Gasteiger partial charge is 0.437 e. The van der Waals surface area contributed by atoms with Crippen LogP contribution < -0.4 is 4.90 Å². The molecule has 2 N–H and O–H groups in total. The molecule has 0 spiro atoms. The number of halogens is 3. The fourth-order valence-corrected chi connectivity index (χ4v) is 2.92. The van der Waals surface area contributed by atoms with E-state index < -0.39 is 23.4 Å². The Morgan fingerprint density at radius 1 is 1.26 bits per heavy atom. The van der Waals surface area contributed by atoms with Gasteiger partial charge in [-0.1, -0.05) is 5.16 Å². The van der Waals surface area contributed by atoms with Crippen LogP contribution in [0.1, 0.15) is 4.88 Å². The first-order valence-corrected chi connectivity index (χ1v) is 7.33. The molecule has 0 atom stereocenters. The molecule has 1 aliphatic rings. The average Bonchev–Trinajstić information content (AvgIpc) is 3.06. The zero-order valence-electron chi connectivity index (χ0n) is 11.7. The van der Waals surface area contributed by atoms with Crippen LogP contribution in [0.15, 0.2) is 22.9 Å². The van der Waals surface area contributed by atoms with Gasteiger partial charge < -0.3 is 20.0 Å². The lowest BCUT2D eigenvalue weighted by Crippen LogP contribution is -2.28. The summed E-state index contributed by atoms with van der Waals surface area (Å²) in [6.07, 6.45) is -3.72. The van der Waals surface area contributed by atoms with Gasteiger partial charge in [-0.15, -0.1) is 11.3 Å². The number of carbonyl (C=O) groups is 1. The molecule has 1 aliphatic heterocycles. The van der Waals surface area contributed by atoms with Crippen LogP contribution in [0.2, 0.25) is 0 Å². The molecule has 0 saturated carbocycles. The number of aliphatic hydroxyl groups excluding tert-OH is 2. The minimum absolute atomic E-state index is 0.133. The van der Waals surface area contributed by atoms with Crippen molar-refractivity contribution in [1.29, 1.82) is 0 Å². The quantitative estimate of drug-likeness (QED) is 0.599. The summed E-state index contributed by atoms with van der Waals surface area (Å²) < 4.78 is 38.3. The van der Waals surface area contributed by atoms with E-state index in [9.17, 15) is 18.0 Å². The van der Waals surface area contributed by atoms with Crippen LogP contribution in [0.3, 0.4) is 0 Å². The first kappa shape index (κ1) is 17.4. The highest BCUT2D eigenvalue weighted by Gasteiger charge is 2.45. The Bertz CT molecular complexity index is 633. The van der Waals surface area contributed by atoms with Crippen molar-refractivity contribution in [2.75, 3.05) is 31.2 Å². The van der Waals surface area contributed by atoms with Crippen LogP contribution in [0.25, 0.3) is 6.08 Å². The SMILES string of the molecule is O=C1ON=C(C(F)(F)F)C1=Cc1ccc(N(CCO)CCO)s1. The molecule has 0 amide bonds. The fourth-order valence-electron chi connectivity index (χ4n) is 1.92. The predicted octanol–water partition coefficient (Wildman–Crippen LogP) is 1.40. The molecule has 1 aromatic rings. The smallest absolute Gasteiger partial charge is 0.395 e. The first-order valence-electron chi connectivity index (χ1n) is 6.52. The molecule has 0 unspecified atom stereocenters. The van der Waals surface area contributed by atoms with Crippen molar-refractivity contribution >= 4 is 34.1 Å². The Morgan fingerprint density at radius 3 is 2.48 bits per heavy atom. The molecule has 6 nitrogen and oxygen atoms in total. The molecule has 23 heavy (non-hydrogen) atoms. The van der Waals surface area contributed by atoms with Crippen molar-refractivity contribution in [3.63, 3.8) is 0 Å². The second-order valence-corrected chi connectivity index (χ2v) is 5.58. The second kappa shape index (κ2) is 7.11. The number of hydrogen-bond acceptors (Lipinski definition) is 7. The van der Waals surface area contributed by atoms with Gasteiger partial charge in [0, 0.05) is 18.0 Å². The Balaban J connectivity index is 2.26. The molecule has 0 fully saturated rings. The monoisotopic (exact) mass is 350 g/mol. The van der Waals surface area contributed by atoms with Crippen molar-refractivity contribution in [1.82, 2.24) is 0 Å². The van der Waals surface area contributed by atoms with Gasteiger partial charge in [0.25, 0.3) is 0 Å². The zero-order chi connectivity index (χ0) is 17.0. The van der Waals surface area contributed by atoms with E-state index in [-0.39, 0.29) is 26.3 Å². The van der Waals surface area contributed by atoms with Gasteiger partial charge in [0.15, 0.2) is 5.71 Å². The van der Waals surface area contributed by atoms with Crippen molar-refractivity contribution < 1.29 is 33.0 Å². The Kier molecular flexibility index (Phi) is 5.39. The topological polar surface area (TPSA) is 82.4 Å². The molecule has 0 bridgehead atoms. The van der Waals surface area contributed by atoms with Crippen LogP contribution >= 0.6 is 11.3 Å². The van der Waals surface area contributed by atoms with E-state index in [1.807, 2.05) is 0 Å². The number of carbonyl (C=O) groups excluding carboxylic acids is 1. The van der Waals surface area contributed by atoms with Crippen molar-refractivity contribution in [3.05, 3.63) is 22.6 Å². The van der Waals surface area contributed by atoms with E-state index in [1.54, 1.807) is 11.0 Å². The molecule has 0 radical (unpaired) electrons. The molecule has 0 saturated heterocycles. The Morgan fingerprint density at radius 2 is 1.91 bits per heavy atom. The highest BCUT2D eigenvalue weighted by atomic mass is 32.1. The summed E-state index contributed by atoms with van der Waals surface area (Å²) in [7, 11) is 0. The van der Waals surface area contributed by atoms with Crippen LogP contribution in [-0.4, -0.2) is 54.4 Å². The maximum Gasteiger partial charge on any atom is 0.437 e. The number of rotatable bonds is 6. The third-order valence-electron chi connectivity index (χ3n) is 2.91. The molecule has 2 rings (SSSR count). The number of anilines is 1. The lowest BCUT2D eigenvalue weighted by molar-refractivity contribution is -0.136. The summed E-state index contributed by atoms with van der Waals surface area (Å²) in [5, 5.41) is 21.4. The average molecular weight is 350 g/mol. The molecule has 126 valence electrons. The standard InChI is InChI=1S/C13H13F3N2O4S/c14-13(15,16)11-9(12(21)22-17-11)7-8-1-2-10(23-8)18(3-5-19)4-6-20/h1-2,7,19-20H,3-6H2. The minimum atomic E-state index is -4.78. The molecule has 0 aromatic carbocycles. The Labute approximate surface area is 133 Å². The number of oxime groups is 1. The summed E-state index contributed by atoms with van der Waals surface area (Å²) in [6, 6.07) is 3.17. The van der Waals surface area contributed by atoms with Gasteiger partial charge in [0.05, 0.1) is 23.8 Å². The van der Waals surface area contributed by atoms with E-state index in [1.165, 1.54) is 6.07 Å². The van der Waals surface area contributed by atoms with Crippen LogP contribution in [0, 0.1) is 0 Å². The third kappa shape index (κ3) is 4.09. The molecular formula is C13H13F3N2O4S. The summed E-state index contributed by atoms with van der Waals surface area (Å²) in [5.41, 5.74) is -2.01. The number of hydrogen-bond donors (Lipinski definition) is 2. The van der Waals surface area contributed by atoms with Gasteiger partial charge in [-0.3, -0.25) is 0 Å². The van der Waals surface area contributed by atoms with Gasteiger partial charge in [-0.25, -0.2) is 4.79 Å². The number of nitrogens with zero attached hydrogens (tertiary/aromatic N) is 2. The summed E-state index contributed by atoms with van der Waals surface area (Å²) >= 11 is 1.12. The highest BCUT2D eigenvalue weighted by Crippen LogP contribution is 2.32. The molecule has 0 aliphatic carbocycles. The van der Waals surface area contributed by atoms with Crippen molar-refractivity contribution in [2.45, 2.75) is 6.18 Å². The van der Waals surface area contributed by atoms with Gasteiger partial charge in [-0.05, 0) is 18.2 Å². The second-order valence-electron chi connectivity index (χ2n) is 4.48. The summed E-state index contributed by atoms with van der Waals surface area (Å²) in [6.45, 7) is 0.278. The van der Waals surface area contributed by atoms with Gasteiger partial charge in [0.1, 0.15) is 0 Å². The fraction of sp³-hybridized carbons (Fsp3) is 0.385. The van der Waals surface area contributed by atoms with Crippen molar-refractivity contribution in [3.8, 4) is 0 Å². The molecule has 1 aromatic heterocycles. The minimum Gasteiger partial charge on any atom is -0.395 e. The van der Waals surface area contributed by atoms with E-state index in [0.717, 1.165) is 17.4 Å². The normalized spacial score (nSPS) is 16.7. The van der Waals surface area contributed by atoms with Crippen LogP contribution in [0.4, 0.5) is 18.2 Å². The third-order valence-corrected chi connectivity index (χ3v) is 4.01. The summed E-state index contributed by atoms with van der Waals surface area (Å²) in [5.74, 6) is -1.16. The van der Waals surface area contributed by atoms with Gasteiger partial charge >= 0.3 is 12.1 Å². The Hall–Kier alpha value is -1.91. The van der Waals surface area contributed by atoms with Crippen LogP contribution in [-0.2, 0) is 9.63 Å². The lowest BCUT2D eigenvalue weighted by Gasteiger charge is -2.20. The van der Waals surface area contributed by atoms with Crippen LogP contribution in [0.5, 0.6) is 0 Å². The summed E-state index contributed by atoms with van der Waals surface area (Å²) in [4.78, 5) is 17.6. The molecule has 2 heterocycles. The number of thiophene rings is 1. The molecule has 10 heteroatoms. The lowest BCUT2D eigenvalue weighted by atomic mass is 10.1. The van der Waals surface area contributed by atoms with Gasteiger partial charge in [0.2, 0.25) is 0 Å². The van der Waals surface area contributed by atoms with Crippen molar-refractivity contribution in [2.24, 2.45) is 5.16 Å². The van der Waals surface area contributed by atoms with Gasteiger partial charge in [-0.2, -0.15) is 13.2 Å². The predicted molar refractivity (Wildman–Crippen MR) is 78.3 cm³/mol.